The summed E-state index contributed by atoms with van der Waals surface area (Å²) in [5, 5.41) is 12.3. The summed E-state index contributed by atoms with van der Waals surface area (Å²) in [6.07, 6.45) is 22.0. The first-order valence-electron chi connectivity index (χ1n) is 32.4. The summed E-state index contributed by atoms with van der Waals surface area (Å²) in [6, 6.07) is 38.3. The van der Waals surface area contributed by atoms with Gasteiger partial charge < -0.3 is 46.7 Å². The van der Waals surface area contributed by atoms with Crippen molar-refractivity contribution in [2.45, 2.75) is 185 Å². The van der Waals surface area contributed by atoms with Crippen LogP contribution in [0.25, 0.3) is 0 Å². The summed E-state index contributed by atoms with van der Waals surface area (Å²) >= 11 is 12.9. The zero-order valence-electron chi connectivity index (χ0n) is 60.2. The van der Waals surface area contributed by atoms with Gasteiger partial charge >= 0.3 is 22.5 Å². The molecule has 10 aromatic rings. The van der Waals surface area contributed by atoms with Gasteiger partial charge in [-0.05, 0) is 101 Å². The Bertz CT molecular complexity index is 4010. The van der Waals surface area contributed by atoms with Gasteiger partial charge in [-0.25, -0.2) is 38.3 Å². The van der Waals surface area contributed by atoms with Gasteiger partial charge in [0.05, 0.1) is 53.1 Å². The topological polar surface area (TPSA) is 274 Å². The number of nitrogens with zero attached hydrogens (tertiary/aromatic N) is 12. The fourth-order valence-corrected chi connectivity index (χ4v) is 12.3. The van der Waals surface area contributed by atoms with Crippen LogP contribution in [0.2, 0.25) is 0 Å². The Balaban J connectivity index is -0.000000277. The van der Waals surface area contributed by atoms with Crippen molar-refractivity contribution in [1.82, 2.24) is 57.3 Å². The molecule has 2 saturated heterocycles. The third-order valence-corrected chi connectivity index (χ3v) is 18.5. The predicted molar refractivity (Wildman–Crippen MR) is 445 cm³/mol. The monoisotopic (exact) mass is 1670 g/mol. The molecule has 2 aliphatic heterocycles. The molecule has 4 aromatic carbocycles. The van der Waals surface area contributed by atoms with Crippen LogP contribution in [-0.4, -0.2) is 133 Å². The number of hydrogen-bond donors (Lipinski definition) is 1. The number of aryl methyl sites for hydroxylation is 3. The molecule has 0 amide bonds. The molecular formula is C79H124Cl2MnN12O11S4. The molecule has 0 radical (unpaired) electrons. The minimum absolute atomic E-state index is 0. The van der Waals surface area contributed by atoms with Crippen molar-refractivity contribution in [3.05, 3.63) is 206 Å². The Labute approximate surface area is 681 Å². The number of ketones is 3. The first kappa shape index (κ1) is 113. The number of alkyl halides is 2. The average molecular weight is 1670 g/mol. The Morgan fingerprint density at radius 1 is 0.532 bits per heavy atom. The van der Waals surface area contributed by atoms with Crippen molar-refractivity contribution < 1.29 is 64.6 Å². The Morgan fingerprint density at radius 3 is 1.20 bits per heavy atom. The molecule has 1 atom stereocenters. The van der Waals surface area contributed by atoms with Crippen molar-refractivity contribution in [1.29, 1.82) is 0 Å². The second-order valence-electron chi connectivity index (χ2n) is 21.4. The van der Waals surface area contributed by atoms with Gasteiger partial charge in [0.1, 0.15) is 22.9 Å². The van der Waals surface area contributed by atoms with E-state index in [0.29, 0.717) is 11.4 Å². The summed E-state index contributed by atoms with van der Waals surface area (Å²) in [6.45, 7) is 18.0. The van der Waals surface area contributed by atoms with Gasteiger partial charge in [0.25, 0.3) is 0 Å². The number of rotatable bonds is 16. The SMILES string of the molecule is C.C.C.C.C.C.C.C1CCOC1.C1CCOC1.CC(=O)c1cnc(S(=O)(=O)c2ccccc2)n1C.CC(=O)c1cnc(Sc2ccccc2)n1C.CC(O)c1cnc(Sc2ccccc2)n1C.CCCc1ncc(C(C)=O)n1C.CCOCC.ClCCl.Cn1ccnc1.Cn1ccnc1Sc1ccccc1.[O]=[Mn]=[O]. The van der Waals surface area contributed by atoms with Gasteiger partial charge in [-0.1, -0.05) is 167 Å². The number of aliphatic hydroxyl groups is 1. The van der Waals surface area contributed by atoms with Crippen LogP contribution in [0.1, 0.15) is 182 Å². The van der Waals surface area contributed by atoms with Crippen LogP contribution in [0.5, 0.6) is 0 Å². The molecular weight excluding hydrogens is 1550 g/mol. The number of sulfone groups is 1. The number of carbonyl (C=O) groups is 3. The predicted octanol–water partition coefficient (Wildman–Crippen LogP) is 19.7. The molecule has 611 valence electrons. The Hall–Kier alpha value is -7.31. The second-order valence-corrected chi connectivity index (χ2v) is 27.4. The number of hydrogen-bond acceptors (Lipinski definition) is 20. The third kappa shape index (κ3) is 44.4. The zero-order valence-corrected chi connectivity index (χ0v) is 66.1. The molecule has 0 aliphatic carbocycles. The molecule has 0 bridgehead atoms. The molecule has 109 heavy (non-hydrogen) atoms. The van der Waals surface area contributed by atoms with E-state index in [1.54, 1.807) is 105 Å². The number of halogens is 2. The van der Waals surface area contributed by atoms with Gasteiger partial charge in [-0.15, -0.1) is 23.2 Å². The number of imidazole rings is 6. The quantitative estimate of drug-likeness (QED) is 0.0534. The fourth-order valence-electron chi connectivity index (χ4n) is 8.39. The summed E-state index contributed by atoms with van der Waals surface area (Å²) < 4.78 is 66.9. The molecule has 6 aromatic heterocycles. The number of benzene rings is 4. The van der Waals surface area contributed by atoms with Crippen molar-refractivity contribution in [2.75, 3.05) is 45.0 Å². The molecule has 2 fully saturated rings. The Morgan fingerprint density at radius 2 is 0.908 bits per heavy atom. The maximum absolute atomic E-state index is 12.3. The summed E-state index contributed by atoms with van der Waals surface area (Å²) in [5.41, 5.74) is 2.43. The molecule has 0 saturated carbocycles. The van der Waals surface area contributed by atoms with Crippen molar-refractivity contribution in [2.24, 2.45) is 42.3 Å². The van der Waals surface area contributed by atoms with Crippen LogP contribution in [0.4, 0.5) is 0 Å². The van der Waals surface area contributed by atoms with E-state index in [0.717, 1.165) is 89.3 Å². The van der Waals surface area contributed by atoms with E-state index in [2.05, 4.69) is 49.0 Å². The van der Waals surface area contributed by atoms with E-state index in [-0.39, 0.29) is 90.4 Å². The van der Waals surface area contributed by atoms with E-state index in [4.69, 9.17) is 45.1 Å². The van der Waals surface area contributed by atoms with Crippen LogP contribution >= 0.6 is 58.5 Å². The van der Waals surface area contributed by atoms with Crippen LogP contribution in [0.15, 0.2) is 217 Å². The number of aliphatic hydroxyl groups excluding tert-OH is 1. The van der Waals surface area contributed by atoms with Crippen molar-refractivity contribution >= 4 is 85.7 Å². The van der Waals surface area contributed by atoms with E-state index < -0.39 is 30.8 Å². The molecule has 0 spiro atoms. The molecule has 1 N–H and O–H groups in total. The number of carbonyl (C=O) groups excluding carboxylic acids is 3. The van der Waals surface area contributed by atoms with Gasteiger partial charge in [0.15, 0.2) is 32.8 Å². The molecule has 2 aliphatic rings. The summed E-state index contributed by atoms with van der Waals surface area (Å²) in [5.74, 6) is 0.879. The van der Waals surface area contributed by atoms with Gasteiger partial charge in [0.2, 0.25) is 15.0 Å². The zero-order chi connectivity index (χ0) is 75.7. The first-order valence-corrected chi connectivity index (χ1v) is 38.3. The third-order valence-electron chi connectivity index (χ3n) is 13.6. The van der Waals surface area contributed by atoms with Gasteiger partial charge in [-0.3, -0.25) is 14.4 Å². The maximum atomic E-state index is 12.3. The normalized spacial score (nSPS) is 11.0. The van der Waals surface area contributed by atoms with Crippen LogP contribution in [-0.2, 0) is 95.2 Å². The Kier molecular flexibility index (Phi) is 68.7. The van der Waals surface area contributed by atoms with Crippen molar-refractivity contribution in [3.63, 3.8) is 0 Å². The summed E-state index contributed by atoms with van der Waals surface area (Å²) in [4.78, 5) is 61.8. The number of ether oxygens (including phenoxy) is 3. The minimum atomic E-state index is -3.68. The van der Waals surface area contributed by atoms with E-state index >= 15 is 0 Å². The van der Waals surface area contributed by atoms with E-state index in [9.17, 15) is 27.9 Å². The molecule has 8 heterocycles. The standard InChI is InChI=1S/C12H12N2O3S.C12H14N2OS.C12H12N2OS.C10H10N2S.C9H14N2O.C4H6N2.2C4H8O.C4H10O.CH2Cl2.7CH4.Mn.2O/c1-9(15)11-8-13-12(14(11)2)18(16,17)10-6-4-3-5-7-10;2*1-9(15)11-8-13-12(14(11)2)16-10-6-4-3-5-7-10;1-12-8-7-11-10(12)13-9-5-3-2-4-6-9;1-4-5-9-10-6-8(7(2)12)11(9)3;1-6-3-2-5-4-6;2*1-2-4-5-3-1;1-3-5-4-2;2-1-3;;;;;;;;;;/h3-8H,1-2H3;3-9,15H,1-2H3;3-8H,1-2H3;2-8H,1H3;6H,4-5H2,1-3H3;2-4H,1H3;2*1-4H2;3-4H2,1-2H3;1H2;7*1H4;;;. The fraction of sp³-hybridized carbons (Fsp3) is 0.430. The number of Topliss-reactive ketones (excluding diaryl/α,β-unsaturated/α-hetero) is 3. The molecule has 12 rings (SSSR count). The van der Waals surface area contributed by atoms with E-state index in [1.165, 1.54) is 67.4 Å². The molecule has 30 heteroatoms. The summed E-state index contributed by atoms with van der Waals surface area (Å²) in [7, 11) is 7.42. The van der Waals surface area contributed by atoms with Crippen molar-refractivity contribution in [3.8, 4) is 0 Å². The van der Waals surface area contributed by atoms with Crippen LogP contribution < -0.4 is 0 Å². The molecule has 23 nitrogen and oxygen atoms in total. The van der Waals surface area contributed by atoms with Crippen LogP contribution in [0, 0.1) is 0 Å². The molecule has 1 unspecified atom stereocenters. The first-order chi connectivity index (χ1) is 49.0. The average Bonchev–Trinajstić information content (AvgIpc) is 1.76. The number of aromatic nitrogens is 12. The van der Waals surface area contributed by atoms with Gasteiger partial charge in [0, 0.05) is 149 Å². The second kappa shape index (κ2) is 66.5. The van der Waals surface area contributed by atoms with Crippen LogP contribution in [0.3, 0.4) is 0 Å². The van der Waals surface area contributed by atoms with Gasteiger partial charge in [-0.2, -0.15) is 0 Å². The van der Waals surface area contributed by atoms with E-state index in [1.807, 2.05) is 169 Å².